The standard InChI is InChI=1S/C18H20N4O3S/c1-9(2)17-21-13-6-4-11(8-14(13)26-17)20-15(23)7-5-12-10(3)19-18(25)22-16(12)24/h4,6,8-9H,5,7H2,1-3H3,(H,20,23)(H2,19,22,24,25). The minimum Gasteiger partial charge on any atom is -0.326 e. The second kappa shape index (κ2) is 7.25. The number of nitrogens with one attached hydrogen (secondary N) is 3. The van der Waals surface area contributed by atoms with Gasteiger partial charge in [0.05, 0.1) is 15.2 Å². The third-order valence-corrected chi connectivity index (χ3v) is 5.36. The number of benzene rings is 1. The molecule has 0 aliphatic rings. The Hall–Kier alpha value is -2.74. The van der Waals surface area contributed by atoms with Gasteiger partial charge in [0, 0.05) is 29.3 Å². The van der Waals surface area contributed by atoms with Gasteiger partial charge in [0.15, 0.2) is 0 Å². The van der Waals surface area contributed by atoms with Crippen molar-refractivity contribution in [3.05, 3.63) is 55.3 Å². The van der Waals surface area contributed by atoms with Gasteiger partial charge in [-0.25, -0.2) is 9.78 Å². The van der Waals surface area contributed by atoms with E-state index < -0.39 is 11.2 Å². The van der Waals surface area contributed by atoms with E-state index >= 15 is 0 Å². The van der Waals surface area contributed by atoms with Gasteiger partial charge in [-0.05, 0) is 31.5 Å². The van der Waals surface area contributed by atoms with E-state index in [0.29, 0.717) is 22.9 Å². The number of H-pyrrole nitrogens is 2. The molecule has 3 rings (SSSR count). The minimum atomic E-state index is -0.542. The van der Waals surface area contributed by atoms with Crippen molar-refractivity contribution in [3.63, 3.8) is 0 Å². The normalized spacial score (nSPS) is 11.2. The van der Waals surface area contributed by atoms with Crippen molar-refractivity contribution in [2.45, 2.75) is 39.5 Å². The monoisotopic (exact) mass is 372 g/mol. The summed E-state index contributed by atoms with van der Waals surface area (Å²) in [4.78, 5) is 44.5. The lowest BCUT2D eigenvalue weighted by molar-refractivity contribution is -0.116. The molecule has 3 N–H and O–H groups in total. The van der Waals surface area contributed by atoms with Crippen LogP contribution in [0.2, 0.25) is 0 Å². The second-order valence-electron chi connectivity index (χ2n) is 6.45. The molecule has 0 fully saturated rings. The molecule has 0 atom stereocenters. The number of aryl methyl sites for hydroxylation is 1. The van der Waals surface area contributed by atoms with Gasteiger partial charge in [0.25, 0.3) is 5.56 Å². The fraction of sp³-hybridized carbons (Fsp3) is 0.333. The Morgan fingerprint density at radius 2 is 2.04 bits per heavy atom. The number of rotatable bonds is 5. The van der Waals surface area contributed by atoms with Crippen LogP contribution in [0.1, 0.15) is 42.5 Å². The van der Waals surface area contributed by atoms with Crippen LogP contribution >= 0.6 is 11.3 Å². The Morgan fingerprint density at radius 3 is 2.73 bits per heavy atom. The zero-order chi connectivity index (χ0) is 18.8. The highest BCUT2D eigenvalue weighted by molar-refractivity contribution is 7.18. The van der Waals surface area contributed by atoms with Crippen LogP contribution < -0.4 is 16.6 Å². The fourth-order valence-electron chi connectivity index (χ4n) is 2.66. The van der Waals surface area contributed by atoms with Crippen LogP contribution in [0.5, 0.6) is 0 Å². The first kappa shape index (κ1) is 18.1. The van der Waals surface area contributed by atoms with Crippen LogP contribution in [-0.4, -0.2) is 20.9 Å². The summed E-state index contributed by atoms with van der Waals surface area (Å²) >= 11 is 1.62. The summed E-state index contributed by atoms with van der Waals surface area (Å²) in [6.07, 6.45) is 0.401. The lowest BCUT2D eigenvalue weighted by Crippen LogP contribution is -2.27. The molecule has 0 radical (unpaired) electrons. The predicted octanol–water partition coefficient (Wildman–Crippen LogP) is 2.68. The van der Waals surface area contributed by atoms with E-state index in [-0.39, 0.29) is 18.7 Å². The highest BCUT2D eigenvalue weighted by Gasteiger charge is 2.11. The Labute approximate surface area is 153 Å². The first-order chi connectivity index (χ1) is 12.3. The molecular formula is C18H20N4O3S. The summed E-state index contributed by atoms with van der Waals surface area (Å²) in [7, 11) is 0. The maximum atomic E-state index is 12.2. The van der Waals surface area contributed by atoms with E-state index in [0.717, 1.165) is 15.2 Å². The van der Waals surface area contributed by atoms with E-state index in [1.807, 2.05) is 18.2 Å². The molecule has 3 aromatic rings. The molecular weight excluding hydrogens is 352 g/mol. The topological polar surface area (TPSA) is 108 Å². The maximum Gasteiger partial charge on any atom is 0.325 e. The van der Waals surface area contributed by atoms with Crippen molar-refractivity contribution >= 4 is 33.1 Å². The smallest absolute Gasteiger partial charge is 0.325 e. The minimum absolute atomic E-state index is 0.147. The molecule has 8 heteroatoms. The van der Waals surface area contributed by atoms with Crippen molar-refractivity contribution in [2.75, 3.05) is 5.32 Å². The van der Waals surface area contributed by atoms with Crippen LogP contribution in [0.3, 0.4) is 0 Å². The van der Waals surface area contributed by atoms with Gasteiger partial charge in [-0.1, -0.05) is 13.8 Å². The number of aromatic nitrogens is 3. The second-order valence-corrected chi connectivity index (χ2v) is 7.51. The number of nitrogens with zero attached hydrogens (tertiary/aromatic N) is 1. The van der Waals surface area contributed by atoms with Crippen molar-refractivity contribution in [2.24, 2.45) is 0 Å². The van der Waals surface area contributed by atoms with Crippen molar-refractivity contribution in [1.29, 1.82) is 0 Å². The summed E-state index contributed by atoms with van der Waals surface area (Å²) in [6, 6.07) is 5.63. The SMILES string of the molecule is Cc1[nH]c(=O)[nH]c(=O)c1CCC(=O)Nc1ccc2nc(C(C)C)sc2c1. The van der Waals surface area contributed by atoms with Crippen molar-refractivity contribution in [3.8, 4) is 0 Å². The average molecular weight is 372 g/mol. The predicted molar refractivity (Wildman–Crippen MR) is 103 cm³/mol. The molecule has 136 valence electrons. The number of hydrogen-bond donors (Lipinski definition) is 3. The Bertz CT molecular complexity index is 1080. The lowest BCUT2D eigenvalue weighted by Gasteiger charge is -2.06. The molecule has 26 heavy (non-hydrogen) atoms. The van der Waals surface area contributed by atoms with Crippen LogP contribution in [-0.2, 0) is 11.2 Å². The van der Waals surface area contributed by atoms with E-state index in [4.69, 9.17) is 0 Å². The lowest BCUT2D eigenvalue weighted by atomic mass is 10.1. The average Bonchev–Trinajstić information content (AvgIpc) is 2.97. The molecule has 0 saturated heterocycles. The van der Waals surface area contributed by atoms with Gasteiger partial charge in [-0.2, -0.15) is 0 Å². The Kier molecular flexibility index (Phi) is 5.03. The van der Waals surface area contributed by atoms with Crippen molar-refractivity contribution < 1.29 is 4.79 Å². The number of carbonyl (C=O) groups excluding carboxylic acids is 1. The number of anilines is 1. The first-order valence-electron chi connectivity index (χ1n) is 8.36. The molecule has 0 saturated carbocycles. The summed E-state index contributed by atoms with van der Waals surface area (Å²) in [5.74, 6) is 0.173. The van der Waals surface area contributed by atoms with E-state index in [1.165, 1.54) is 0 Å². The number of thiazole rings is 1. The third-order valence-electron chi connectivity index (χ3n) is 4.04. The van der Waals surface area contributed by atoms with Gasteiger partial charge in [0.2, 0.25) is 5.91 Å². The highest BCUT2D eigenvalue weighted by atomic mass is 32.1. The largest absolute Gasteiger partial charge is 0.326 e. The van der Waals surface area contributed by atoms with Crippen molar-refractivity contribution in [1.82, 2.24) is 15.0 Å². The van der Waals surface area contributed by atoms with E-state index in [9.17, 15) is 14.4 Å². The first-order valence-corrected chi connectivity index (χ1v) is 9.17. The van der Waals surface area contributed by atoms with Gasteiger partial charge >= 0.3 is 5.69 Å². The Morgan fingerprint density at radius 1 is 1.27 bits per heavy atom. The van der Waals surface area contributed by atoms with E-state index in [1.54, 1.807) is 18.3 Å². The molecule has 0 aliphatic carbocycles. The molecule has 7 nitrogen and oxygen atoms in total. The van der Waals surface area contributed by atoms with Crippen LogP contribution in [0.4, 0.5) is 5.69 Å². The van der Waals surface area contributed by atoms with Crippen LogP contribution in [0, 0.1) is 6.92 Å². The quantitative estimate of drug-likeness (QED) is 0.640. The highest BCUT2D eigenvalue weighted by Crippen LogP contribution is 2.29. The number of aromatic amines is 2. The van der Waals surface area contributed by atoms with Gasteiger partial charge in [0.1, 0.15) is 0 Å². The maximum absolute atomic E-state index is 12.2. The molecule has 2 heterocycles. The third kappa shape index (κ3) is 3.91. The summed E-state index contributed by atoms with van der Waals surface area (Å²) in [5, 5.41) is 3.91. The molecule has 0 bridgehead atoms. The zero-order valence-corrected chi connectivity index (χ0v) is 15.6. The number of amides is 1. The molecule has 1 amide bonds. The van der Waals surface area contributed by atoms with E-state index in [2.05, 4.69) is 34.1 Å². The number of carbonyl (C=O) groups is 1. The molecule has 0 spiro atoms. The zero-order valence-electron chi connectivity index (χ0n) is 14.8. The van der Waals surface area contributed by atoms with Gasteiger partial charge < -0.3 is 10.3 Å². The van der Waals surface area contributed by atoms with Crippen LogP contribution in [0.25, 0.3) is 10.2 Å². The molecule has 1 aromatic carbocycles. The van der Waals surface area contributed by atoms with Gasteiger partial charge in [-0.3, -0.25) is 14.6 Å². The molecule has 0 unspecified atom stereocenters. The fourth-order valence-corrected chi connectivity index (χ4v) is 3.67. The summed E-state index contributed by atoms with van der Waals surface area (Å²) in [6.45, 7) is 5.84. The number of hydrogen-bond acceptors (Lipinski definition) is 5. The molecule has 0 aliphatic heterocycles. The molecule has 2 aromatic heterocycles. The summed E-state index contributed by atoms with van der Waals surface area (Å²) in [5.41, 5.74) is 1.53. The number of fused-ring (bicyclic) bond motifs is 1. The van der Waals surface area contributed by atoms with Gasteiger partial charge in [-0.15, -0.1) is 11.3 Å². The summed E-state index contributed by atoms with van der Waals surface area (Å²) < 4.78 is 1.03. The van der Waals surface area contributed by atoms with Crippen LogP contribution in [0.15, 0.2) is 27.8 Å². The Balaban J connectivity index is 1.69.